The van der Waals surface area contributed by atoms with E-state index in [1.54, 1.807) is 37.3 Å². The van der Waals surface area contributed by atoms with Crippen molar-refractivity contribution in [3.63, 3.8) is 0 Å². The molecule has 1 unspecified atom stereocenters. The molecular weight excluding hydrogens is 308 g/mol. The summed E-state index contributed by atoms with van der Waals surface area (Å²) in [6.07, 6.45) is 0. The van der Waals surface area contributed by atoms with Crippen molar-refractivity contribution in [3.05, 3.63) is 46.7 Å². The van der Waals surface area contributed by atoms with Crippen LogP contribution in [0.15, 0.2) is 41.8 Å². The van der Waals surface area contributed by atoms with Crippen molar-refractivity contribution in [2.24, 2.45) is 5.92 Å². The van der Waals surface area contributed by atoms with Gasteiger partial charge < -0.3 is 10.6 Å². The third-order valence-corrected chi connectivity index (χ3v) is 4.14. The summed E-state index contributed by atoms with van der Waals surface area (Å²) in [5.41, 5.74) is 1.26. The van der Waals surface area contributed by atoms with E-state index in [1.165, 1.54) is 11.3 Å². The smallest absolute Gasteiger partial charge is 0.265 e. The lowest BCUT2D eigenvalue weighted by atomic mass is 10.2. The molecule has 2 N–H and O–H groups in total. The summed E-state index contributed by atoms with van der Waals surface area (Å²) in [5, 5.41) is 7.41. The van der Waals surface area contributed by atoms with Gasteiger partial charge in [-0.05, 0) is 29.6 Å². The maximum Gasteiger partial charge on any atom is 0.265 e. The molecule has 2 aromatic rings. The third kappa shape index (κ3) is 4.31. The molecule has 1 heterocycles. The lowest BCUT2D eigenvalue weighted by molar-refractivity contribution is -0.118. The molecule has 0 saturated heterocycles. The van der Waals surface area contributed by atoms with Crippen molar-refractivity contribution in [2.45, 2.75) is 6.92 Å². The first kappa shape index (κ1) is 15.5. The van der Waals surface area contributed by atoms with E-state index in [4.69, 9.17) is 11.6 Å². The minimum atomic E-state index is -0.268. The van der Waals surface area contributed by atoms with Crippen molar-refractivity contribution in [3.8, 4) is 0 Å². The number of hydrogen-bond acceptors (Lipinski definition) is 3. The van der Waals surface area contributed by atoms with Crippen molar-refractivity contribution < 1.29 is 9.59 Å². The van der Waals surface area contributed by atoms with Crippen LogP contribution in [-0.2, 0) is 4.79 Å². The molecule has 0 aliphatic carbocycles. The zero-order valence-electron chi connectivity index (χ0n) is 11.4. The standard InChI is InChI=1S/C15H15ClN2O2S/c1-10(9-16)14(19)17-11-4-2-5-12(8-11)18-15(20)13-6-3-7-21-13/h2-8,10H,9H2,1H3,(H,17,19)(H,18,20). The van der Waals surface area contributed by atoms with E-state index in [-0.39, 0.29) is 23.6 Å². The van der Waals surface area contributed by atoms with Crippen LogP contribution in [0.2, 0.25) is 0 Å². The average molecular weight is 323 g/mol. The highest BCUT2D eigenvalue weighted by molar-refractivity contribution is 7.12. The Morgan fingerprint density at radius 3 is 2.52 bits per heavy atom. The minimum Gasteiger partial charge on any atom is -0.326 e. The number of carbonyl (C=O) groups is 2. The number of alkyl halides is 1. The number of amides is 2. The van der Waals surface area contributed by atoms with Crippen molar-refractivity contribution in [2.75, 3.05) is 16.5 Å². The van der Waals surface area contributed by atoms with Gasteiger partial charge in [-0.1, -0.05) is 19.1 Å². The summed E-state index contributed by atoms with van der Waals surface area (Å²) in [7, 11) is 0. The maximum atomic E-state index is 12.0. The summed E-state index contributed by atoms with van der Waals surface area (Å²) < 4.78 is 0. The molecule has 0 aliphatic rings. The summed E-state index contributed by atoms with van der Waals surface area (Å²) in [4.78, 5) is 24.4. The van der Waals surface area contributed by atoms with Gasteiger partial charge in [-0.2, -0.15) is 0 Å². The molecule has 0 radical (unpaired) electrons. The van der Waals surface area contributed by atoms with Gasteiger partial charge in [0.1, 0.15) is 0 Å². The predicted molar refractivity (Wildman–Crippen MR) is 87.2 cm³/mol. The first-order valence-electron chi connectivity index (χ1n) is 6.42. The number of rotatable bonds is 5. The molecule has 1 aromatic heterocycles. The van der Waals surface area contributed by atoms with Crippen molar-refractivity contribution >= 4 is 46.1 Å². The summed E-state index contributed by atoms with van der Waals surface area (Å²) in [6.45, 7) is 1.75. The molecule has 2 rings (SSSR count). The number of carbonyl (C=O) groups excluding carboxylic acids is 2. The molecule has 0 spiro atoms. The van der Waals surface area contributed by atoms with E-state index in [9.17, 15) is 9.59 Å². The van der Waals surface area contributed by atoms with Crippen LogP contribution in [0.5, 0.6) is 0 Å². The monoisotopic (exact) mass is 322 g/mol. The van der Waals surface area contributed by atoms with Gasteiger partial charge in [-0.25, -0.2) is 0 Å². The van der Waals surface area contributed by atoms with Crippen LogP contribution in [0.1, 0.15) is 16.6 Å². The Bertz CT molecular complexity index is 628. The molecule has 6 heteroatoms. The Balaban J connectivity index is 2.04. The second-order valence-corrected chi connectivity index (χ2v) is 5.81. The topological polar surface area (TPSA) is 58.2 Å². The molecule has 1 aromatic carbocycles. The molecule has 0 saturated carbocycles. The molecule has 2 amide bonds. The molecule has 0 bridgehead atoms. The molecule has 4 nitrogen and oxygen atoms in total. The van der Waals surface area contributed by atoms with E-state index in [1.807, 2.05) is 11.4 Å². The minimum absolute atomic E-state index is 0.147. The van der Waals surface area contributed by atoms with E-state index in [0.29, 0.717) is 16.3 Å². The van der Waals surface area contributed by atoms with Crippen LogP contribution in [-0.4, -0.2) is 17.7 Å². The van der Waals surface area contributed by atoms with Gasteiger partial charge >= 0.3 is 0 Å². The molecule has 21 heavy (non-hydrogen) atoms. The Hall–Kier alpha value is -1.85. The Morgan fingerprint density at radius 2 is 1.90 bits per heavy atom. The van der Waals surface area contributed by atoms with Gasteiger partial charge in [0, 0.05) is 23.2 Å². The number of hydrogen-bond donors (Lipinski definition) is 2. The first-order chi connectivity index (χ1) is 10.1. The van der Waals surface area contributed by atoms with E-state index in [0.717, 1.165) is 0 Å². The largest absolute Gasteiger partial charge is 0.326 e. The van der Waals surface area contributed by atoms with Crippen LogP contribution in [0.4, 0.5) is 11.4 Å². The highest BCUT2D eigenvalue weighted by atomic mass is 35.5. The van der Waals surface area contributed by atoms with Gasteiger partial charge in [0.05, 0.1) is 4.88 Å². The Kier molecular flexibility index (Phi) is 5.36. The first-order valence-corrected chi connectivity index (χ1v) is 7.83. The van der Waals surface area contributed by atoms with E-state index >= 15 is 0 Å². The van der Waals surface area contributed by atoms with Crippen LogP contribution in [0.3, 0.4) is 0 Å². The van der Waals surface area contributed by atoms with Gasteiger partial charge in [-0.15, -0.1) is 22.9 Å². The summed E-state index contributed by atoms with van der Waals surface area (Å²) in [5.74, 6) is -0.314. The van der Waals surface area contributed by atoms with Crippen LogP contribution in [0, 0.1) is 5.92 Å². The molecule has 110 valence electrons. The second-order valence-electron chi connectivity index (χ2n) is 4.56. The third-order valence-electron chi connectivity index (χ3n) is 2.81. The number of nitrogens with one attached hydrogen (secondary N) is 2. The number of benzene rings is 1. The fraction of sp³-hybridized carbons (Fsp3) is 0.200. The fourth-order valence-electron chi connectivity index (χ4n) is 1.61. The number of thiophene rings is 1. The van der Waals surface area contributed by atoms with E-state index < -0.39 is 0 Å². The van der Waals surface area contributed by atoms with Crippen LogP contribution in [0.25, 0.3) is 0 Å². The average Bonchev–Trinajstić information content (AvgIpc) is 3.01. The molecular formula is C15H15ClN2O2S. The van der Waals surface area contributed by atoms with Gasteiger partial charge in [0.2, 0.25) is 5.91 Å². The highest BCUT2D eigenvalue weighted by Gasteiger charge is 2.12. The lowest BCUT2D eigenvalue weighted by Crippen LogP contribution is -2.21. The van der Waals surface area contributed by atoms with E-state index in [2.05, 4.69) is 10.6 Å². The lowest BCUT2D eigenvalue weighted by Gasteiger charge is -2.11. The maximum absolute atomic E-state index is 12.0. The van der Waals surface area contributed by atoms with Crippen LogP contribution < -0.4 is 10.6 Å². The molecule has 1 atom stereocenters. The SMILES string of the molecule is CC(CCl)C(=O)Nc1cccc(NC(=O)c2cccs2)c1. The molecule has 0 aliphatic heterocycles. The quantitative estimate of drug-likeness (QED) is 0.822. The van der Waals surface area contributed by atoms with Gasteiger partial charge in [0.15, 0.2) is 0 Å². The number of halogens is 1. The Labute approximate surface area is 132 Å². The fourth-order valence-corrected chi connectivity index (χ4v) is 2.37. The van der Waals surface area contributed by atoms with Crippen molar-refractivity contribution in [1.29, 1.82) is 0 Å². The predicted octanol–water partition coefficient (Wildman–Crippen LogP) is 3.81. The highest BCUT2D eigenvalue weighted by Crippen LogP contribution is 2.18. The van der Waals surface area contributed by atoms with Crippen molar-refractivity contribution in [1.82, 2.24) is 0 Å². The second kappa shape index (κ2) is 7.24. The zero-order valence-corrected chi connectivity index (χ0v) is 13.0. The summed E-state index contributed by atoms with van der Waals surface area (Å²) >= 11 is 7.03. The van der Waals surface area contributed by atoms with Gasteiger partial charge in [-0.3, -0.25) is 9.59 Å². The zero-order chi connectivity index (χ0) is 15.2. The van der Waals surface area contributed by atoms with Crippen LogP contribution >= 0.6 is 22.9 Å². The normalized spacial score (nSPS) is 11.7. The Morgan fingerprint density at radius 1 is 1.19 bits per heavy atom. The molecule has 0 fully saturated rings. The summed E-state index contributed by atoms with van der Waals surface area (Å²) in [6, 6.07) is 10.6. The van der Waals surface area contributed by atoms with Gasteiger partial charge in [0.25, 0.3) is 5.91 Å². The number of anilines is 2.